The van der Waals surface area contributed by atoms with Gasteiger partial charge in [-0.2, -0.15) is 0 Å². The van der Waals surface area contributed by atoms with Crippen LogP contribution in [0.15, 0.2) is 22.6 Å². The second-order valence-corrected chi connectivity index (χ2v) is 4.73. The zero-order chi connectivity index (χ0) is 13.4. The van der Waals surface area contributed by atoms with Gasteiger partial charge in [-0.15, -0.1) is 6.58 Å². The lowest BCUT2D eigenvalue weighted by atomic mass is 10.2. The zero-order valence-corrected chi connectivity index (χ0v) is 11.8. The molecule has 0 amide bonds. The predicted molar refractivity (Wildman–Crippen MR) is 74.5 cm³/mol. The summed E-state index contributed by atoms with van der Waals surface area (Å²) in [5.74, 6) is 1.94. The van der Waals surface area contributed by atoms with Gasteiger partial charge in [0, 0.05) is 5.56 Å². The van der Waals surface area contributed by atoms with E-state index in [9.17, 15) is 0 Å². The summed E-state index contributed by atoms with van der Waals surface area (Å²) < 4.78 is 11.3. The van der Waals surface area contributed by atoms with Crippen LogP contribution in [-0.2, 0) is 17.9 Å². The molecule has 0 aliphatic carbocycles. The SMILES string of the molecule is C=C(C)CCOCc1cc(CNCCC)oc1C. The van der Waals surface area contributed by atoms with Crippen LogP contribution in [0.1, 0.15) is 43.8 Å². The van der Waals surface area contributed by atoms with Gasteiger partial charge in [0.1, 0.15) is 11.5 Å². The van der Waals surface area contributed by atoms with E-state index in [1.54, 1.807) is 0 Å². The van der Waals surface area contributed by atoms with Crippen LogP contribution in [0.4, 0.5) is 0 Å². The number of hydrogen-bond donors (Lipinski definition) is 1. The average Bonchev–Trinajstić information content (AvgIpc) is 2.66. The standard InChI is InChI=1S/C15H25NO2/c1-5-7-16-10-15-9-14(13(4)18-15)11-17-8-6-12(2)3/h9,16H,2,5-8,10-11H2,1,3-4H3. The first kappa shape index (κ1) is 15.0. The highest BCUT2D eigenvalue weighted by atomic mass is 16.5. The number of furan rings is 1. The molecule has 3 nitrogen and oxygen atoms in total. The fourth-order valence-corrected chi connectivity index (χ4v) is 1.63. The molecular formula is C15H25NO2. The van der Waals surface area contributed by atoms with E-state index in [-0.39, 0.29) is 0 Å². The third-order valence-corrected chi connectivity index (χ3v) is 2.73. The monoisotopic (exact) mass is 251 g/mol. The molecule has 0 bridgehead atoms. The number of hydrogen-bond acceptors (Lipinski definition) is 3. The summed E-state index contributed by atoms with van der Waals surface area (Å²) in [4.78, 5) is 0. The third-order valence-electron chi connectivity index (χ3n) is 2.73. The Balaban J connectivity index is 2.34. The normalized spacial score (nSPS) is 10.8. The van der Waals surface area contributed by atoms with Gasteiger partial charge in [-0.3, -0.25) is 0 Å². The van der Waals surface area contributed by atoms with E-state index >= 15 is 0 Å². The maximum atomic E-state index is 5.68. The predicted octanol–water partition coefficient (Wildman–Crippen LogP) is 3.57. The van der Waals surface area contributed by atoms with Gasteiger partial charge in [0.05, 0.1) is 19.8 Å². The first-order valence-electron chi connectivity index (χ1n) is 6.64. The van der Waals surface area contributed by atoms with Crippen molar-refractivity contribution in [1.82, 2.24) is 5.32 Å². The maximum Gasteiger partial charge on any atom is 0.118 e. The van der Waals surface area contributed by atoms with Crippen molar-refractivity contribution in [2.24, 2.45) is 0 Å². The number of aryl methyl sites for hydroxylation is 1. The van der Waals surface area contributed by atoms with Crippen molar-refractivity contribution >= 4 is 0 Å². The molecule has 1 rings (SSSR count). The Bertz CT molecular complexity index is 369. The lowest BCUT2D eigenvalue weighted by Crippen LogP contribution is -2.13. The van der Waals surface area contributed by atoms with Crippen LogP contribution in [0.3, 0.4) is 0 Å². The van der Waals surface area contributed by atoms with Crippen molar-refractivity contribution in [2.75, 3.05) is 13.2 Å². The van der Waals surface area contributed by atoms with Crippen molar-refractivity contribution in [3.05, 3.63) is 35.3 Å². The summed E-state index contributed by atoms with van der Waals surface area (Å²) in [6.45, 7) is 13.2. The summed E-state index contributed by atoms with van der Waals surface area (Å²) in [5.41, 5.74) is 2.30. The average molecular weight is 251 g/mol. The minimum atomic E-state index is 0.621. The molecule has 0 aliphatic rings. The Morgan fingerprint density at radius 2 is 2.28 bits per heavy atom. The molecule has 1 aromatic heterocycles. The zero-order valence-electron chi connectivity index (χ0n) is 11.8. The molecule has 1 N–H and O–H groups in total. The minimum Gasteiger partial charge on any atom is -0.465 e. The molecule has 102 valence electrons. The summed E-state index contributed by atoms with van der Waals surface area (Å²) in [7, 11) is 0. The largest absolute Gasteiger partial charge is 0.465 e. The fourth-order valence-electron chi connectivity index (χ4n) is 1.63. The van der Waals surface area contributed by atoms with Crippen molar-refractivity contribution in [3.63, 3.8) is 0 Å². The lowest BCUT2D eigenvalue weighted by molar-refractivity contribution is 0.123. The molecule has 0 atom stereocenters. The van der Waals surface area contributed by atoms with Crippen LogP contribution < -0.4 is 5.32 Å². The molecule has 18 heavy (non-hydrogen) atoms. The molecule has 0 fully saturated rings. The summed E-state index contributed by atoms with van der Waals surface area (Å²) in [6.07, 6.45) is 2.05. The van der Waals surface area contributed by atoms with Gasteiger partial charge in [-0.1, -0.05) is 12.5 Å². The Kier molecular flexibility index (Phi) is 6.76. The molecular weight excluding hydrogens is 226 g/mol. The van der Waals surface area contributed by atoms with Gasteiger partial charge in [-0.25, -0.2) is 0 Å². The minimum absolute atomic E-state index is 0.621. The molecule has 0 aromatic carbocycles. The van der Waals surface area contributed by atoms with Gasteiger partial charge < -0.3 is 14.5 Å². The van der Waals surface area contributed by atoms with E-state index in [1.165, 1.54) is 0 Å². The first-order valence-corrected chi connectivity index (χ1v) is 6.64. The first-order chi connectivity index (χ1) is 8.63. The Labute approximate surface area is 110 Å². The fraction of sp³-hybridized carbons (Fsp3) is 0.600. The molecule has 0 spiro atoms. The smallest absolute Gasteiger partial charge is 0.118 e. The quantitative estimate of drug-likeness (QED) is 0.538. The highest BCUT2D eigenvalue weighted by Gasteiger charge is 2.07. The molecule has 0 radical (unpaired) electrons. The van der Waals surface area contributed by atoms with Crippen molar-refractivity contribution in [2.45, 2.75) is 46.8 Å². The van der Waals surface area contributed by atoms with E-state index < -0.39 is 0 Å². The van der Waals surface area contributed by atoms with Gasteiger partial charge in [0.25, 0.3) is 0 Å². The molecule has 1 aromatic rings. The maximum absolute atomic E-state index is 5.68. The van der Waals surface area contributed by atoms with Crippen LogP contribution in [0.2, 0.25) is 0 Å². The van der Waals surface area contributed by atoms with Gasteiger partial charge >= 0.3 is 0 Å². The summed E-state index contributed by atoms with van der Waals surface area (Å²) in [6, 6.07) is 2.08. The lowest BCUT2D eigenvalue weighted by Gasteiger charge is -2.02. The van der Waals surface area contributed by atoms with Crippen LogP contribution in [-0.4, -0.2) is 13.2 Å². The Morgan fingerprint density at radius 3 is 2.94 bits per heavy atom. The molecule has 0 saturated heterocycles. The highest BCUT2D eigenvalue weighted by Crippen LogP contribution is 2.15. The van der Waals surface area contributed by atoms with Crippen molar-refractivity contribution in [1.29, 1.82) is 0 Å². The molecule has 3 heteroatoms. The molecule has 1 heterocycles. The topological polar surface area (TPSA) is 34.4 Å². The second kappa shape index (κ2) is 8.11. The van der Waals surface area contributed by atoms with Gasteiger partial charge in [0.15, 0.2) is 0 Å². The molecule has 0 saturated carbocycles. The third kappa shape index (κ3) is 5.52. The van der Waals surface area contributed by atoms with Crippen LogP contribution in [0, 0.1) is 6.92 Å². The summed E-state index contributed by atoms with van der Waals surface area (Å²) >= 11 is 0. The summed E-state index contributed by atoms with van der Waals surface area (Å²) in [5, 5.41) is 3.33. The van der Waals surface area contributed by atoms with Crippen molar-refractivity contribution in [3.8, 4) is 0 Å². The van der Waals surface area contributed by atoms with E-state index in [0.29, 0.717) is 6.61 Å². The highest BCUT2D eigenvalue weighted by molar-refractivity contribution is 5.19. The van der Waals surface area contributed by atoms with E-state index in [2.05, 4.69) is 24.9 Å². The van der Waals surface area contributed by atoms with E-state index in [4.69, 9.17) is 9.15 Å². The van der Waals surface area contributed by atoms with Crippen molar-refractivity contribution < 1.29 is 9.15 Å². The van der Waals surface area contributed by atoms with Gasteiger partial charge in [-0.05, 0) is 39.3 Å². The number of rotatable bonds is 9. The van der Waals surface area contributed by atoms with E-state index in [1.807, 2.05) is 13.8 Å². The molecule has 0 aliphatic heterocycles. The second-order valence-electron chi connectivity index (χ2n) is 4.73. The van der Waals surface area contributed by atoms with Crippen LogP contribution in [0.25, 0.3) is 0 Å². The van der Waals surface area contributed by atoms with Gasteiger partial charge in [0.2, 0.25) is 0 Å². The van der Waals surface area contributed by atoms with E-state index in [0.717, 1.165) is 55.2 Å². The Hall–Kier alpha value is -1.06. The Morgan fingerprint density at radius 1 is 1.50 bits per heavy atom. The molecule has 0 unspecified atom stereocenters. The van der Waals surface area contributed by atoms with Crippen LogP contribution >= 0.6 is 0 Å². The number of ether oxygens (including phenoxy) is 1. The van der Waals surface area contributed by atoms with Crippen LogP contribution in [0.5, 0.6) is 0 Å². The number of nitrogens with one attached hydrogen (secondary N) is 1.